The van der Waals surface area contributed by atoms with Crippen LogP contribution < -0.4 is 0 Å². The van der Waals surface area contributed by atoms with E-state index in [1.54, 1.807) is 6.92 Å². The number of carboxylic acids is 2. The van der Waals surface area contributed by atoms with Crippen molar-refractivity contribution in [2.24, 2.45) is 0 Å². The number of hydrogen-bond donors (Lipinski definition) is 3. The maximum absolute atomic E-state index is 10.0. The quantitative estimate of drug-likeness (QED) is 0.467. The Labute approximate surface area is 96.7 Å². The van der Waals surface area contributed by atoms with Gasteiger partial charge in [-0.1, -0.05) is 21.6 Å². The predicted octanol–water partition coefficient (Wildman–Crippen LogP) is 1.32. The summed E-state index contributed by atoms with van der Waals surface area (Å²) in [7, 11) is 2.79. The third kappa shape index (κ3) is 24.7. The van der Waals surface area contributed by atoms with Crippen molar-refractivity contribution in [1.82, 2.24) is 0 Å². The van der Waals surface area contributed by atoms with Gasteiger partial charge in [0.1, 0.15) is 0 Å². The van der Waals surface area contributed by atoms with Gasteiger partial charge < -0.3 is 15.3 Å². The molecule has 0 aromatic heterocycles. The first-order valence-electron chi connectivity index (χ1n) is 4.33. The molecule has 0 rings (SSSR count). The molecule has 0 spiro atoms. The van der Waals surface area contributed by atoms with Gasteiger partial charge in [-0.25, -0.2) is 0 Å². The summed E-state index contributed by atoms with van der Waals surface area (Å²) in [6.07, 6.45) is 0.259. The molecular formula is C8H16O5S2. The van der Waals surface area contributed by atoms with E-state index in [0.717, 1.165) is 0 Å². The molecule has 0 fully saturated rings. The topological polar surface area (TPSA) is 94.8 Å². The first kappa shape index (κ1) is 17.0. The Morgan fingerprint density at radius 3 is 1.47 bits per heavy atom. The number of carbonyl (C=O) groups is 2. The molecule has 0 heterocycles. The van der Waals surface area contributed by atoms with Crippen LogP contribution in [0.2, 0.25) is 0 Å². The molecule has 7 heteroatoms. The molecule has 0 aliphatic heterocycles. The highest BCUT2D eigenvalue weighted by Crippen LogP contribution is 2.22. The van der Waals surface area contributed by atoms with E-state index in [1.165, 1.54) is 21.6 Å². The minimum absolute atomic E-state index is 0.130. The van der Waals surface area contributed by atoms with Crippen molar-refractivity contribution >= 4 is 33.5 Å². The summed E-state index contributed by atoms with van der Waals surface area (Å²) < 4.78 is 0. The van der Waals surface area contributed by atoms with Crippen LogP contribution >= 0.6 is 21.6 Å². The van der Waals surface area contributed by atoms with Gasteiger partial charge in [0.15, 0.2) is 0 Å². The summed E-state index contributed by atoms with van der Waals surface area (Å²) in [4.78, 5) is 20.0. The van der Waals surface area contributed by atoms with E-state index in [9.17, 15) is 9.59 Å². The van der Waals surface area contributed by atoms with Gasteiger partial charge in [0, 0.05) is 18.1 Å². The summed E-state index contributed by atoms with van der Waals surface area (Å²) in [5, 5.41) is 24.1. The zero-order chi connectivity index (χ0) is 12.1. The highest BCUT2D eigenvalue weighted by atomic mass is 33.1. The summed E-state index contributed by atoms with van der Waals surface area (Å²) in [5.74, 6) is -0.582. The van der Waals surface area contributed by atoms with E-state index in [-0.39, 0.29) is 19.4 Å². The number of aliphatic hydroxyl groups excluding tert-OH is 1. The van der Waals surface area contributed by atoms with Gasteiger partial charge in [0.05, 0.1) is 12.8 Å². The van der Waals surface area contributed by atoms with Crippen LogP contribution in [0, 0.1) is 0 Å². The Balaban J connectivity index is 0. The van der Waals surface area contributed by atoms with E-state index < -0.39 is 11.9 Å². The molecule has 0 saturated carbocycles. The smallest absolute Gasteiger partial charge is 0.304 e. The Hall–Kier alpha value is -0.400. The summed E-state index contributed by atoms with van der Waals surface area (Å²) in [5.41, 5.74) is 0. The zero-order valence-corrected chi connectivity index (χ0v) is 10.1. The third-order valence-electron chi connectivity index (χ3n) is 0.882. The second-order valence-corrected chi connectivity index (χ2v) is 4.95. The molecule has 0 aliphatic carbocycles. The lowest BCUT2D eigenvalue weighted by Crippen LogP contribution is -1.96. The molecule has 90 valence electrons. The molecule has 5 nitrogen and oxygen atoms in total. The maximum Gasteiger partial charge on any atom is 0.304 e. The van der Waals surface area contributed by atoms with Crippen LogP contribution in [0.15, 0.2) is 0 Å². The number of aliphatic hydroxyl groups is 1. The standard InChI is InChI=1S/C6H10O4S2.C2H6O/c7-5(8)1-3-11-12-4-2-6(9)10;1-2-3/h1-4H2,(H,7,8)(H,9,10);3H,2H2,1H3. The van der Waals surface area contributed by atoms with Crippen LogP contribution in [0.25, 0.3) is 0 Å². The SMILES string of the molecule is CCO.O=C(O)CCSSCCC(=O)O. The van der Waals surface area contributed by atoms with Gasteiger partial charge in [-0.05, 0) is 6.92 Å². The second-order valence-electron chi connectivity index (χ2n) is 2.25. The van der Waals surface area contributed by atoms with Gasteiger partial charge in [0.2, 0.25) is 0 Å². The fraction of sp³-hybridized carbons (Fsp3) is 0.750. The van der Waals surface area contributed by atoms with Gasteiger partial charge >= 0.3 is 11.9 Å². The summed E-state index contributed by atoms with van der Waals surface area (Å²) in [6, 6.07) is 0. The van der Waals surface area contributed by atoms with Crippen molar-refractivity contribution < 1.29 is 24.9 Å². The van der Waals surface area contributed by atoms with Crippen molar-refractivity contribution in [1.29, 1.82) is 0 Å². The van der Waals surface area contributed by atoms with Crippen molar-refractivity contribution in [2.45, 2.75) is 19.8 Å². The molecule has 0 amide bonds. The van der Waals surface area contributed by atoms with Crippen LogP contribution in [0.3, 0.4) is 0 Å². The molecule has 0 atom stereocenters. The van der Waals surface area contributed by atoms with Crippen LogP contribution in [0.4, 0.5) is 0 Å². The summed E-state index contributed by atoms with van der Waals surface area (Å²) in [6.45, 7) is 1.93. The Morgan fingerprint density at radius 2 is 1.27 bits per heavy atom. The molecular weight excluding hydrogens is 240 g/mol. The molecule has 0 saturated heterocycles. The van der Waals surface area contributed by atoms with Crippen molar-refractivity contribution in [3.05, 3.63) is 0 Å². The molecule has 3 N–H and O–H groups in total. The lowest BCUT2D eigenvalue weighted by Gasteiger charge is -1.95. The maximum atomic E-state index is 10.0. The second kappa shape index (κ2) is 13.6. The monoisotopic (exact) mass is 256 g/mol. The molecule has 0 bridgehead atoms. The van der Waals surface area contributed by atoms with Crippen molar-refractivity contribution in [2.75, 3.05) is 18.1 Å². The molecule has 15 heavy (non-hydrogen) atoms. The van der Waals surface area contributed by atoms with E-state index in [4.69, 9.17) is 15.3 Å². The third-order valence-corrected chi connectivity index (χ3v) is 3.29. The largest absolute Gasteiger partial charge is 0.481 e. The Morgan fingerprint density at radius 1 is 1.00 bits per heavy atom. The first-order chi connectivity index (χ1) is 7.04. The normalized spacial score (nSPS) is 8.93. The Bertz CT molecular complexity index is 156. The molecule has 0 aliphatic rings. The number of rotatable bonds is 7. The molecule has 0 aromatic rings. The van der Waals surface area contributed by atoms with Gasteiger partial charge in [-0.3, -0.25) is 9.59 Å². The minimum atomic E-state index is -0.818. The van der Waals surface area contributed by atoms with Gasteiger partial charge in [-0.2, -0.15) is 0 Å². The molecule has 0 aromatic carbocycles. The first-order valence-corrected chi connectivity index (χ1v) is 6.82. The van der Waals surface area contributed by atoms with Gasteiger partial charge in [-0.15, -0.1) is 0 Å². The number of aliphatic carboxylic acids is 2. The highest BCUT2D eigenvalue weighted by Gasteiger charge is 1.99. The highest BCUT2D eigenvalue weighted by molar-refractivity contribution is 8.76. The lowest BCUT2D eigenvalue weighted by molar-refractivity contribution is -0.137. The van der Waals surface area contributed by atoms with Gasteiger partial charge in [0.25, 0.3) is 0 Å². The predicted molar refractivity (Wildman–Crippen MR) is 62.2 cm³/mol. The van der Waals surface area contributed by atoms with Crippen LogP contribution in [-0.4, -0.2) is 45.4 Å². The fourth-order valence-electron chi connectivity index (χ4n) is 0.376. The van der Waals surface area contributed by atoms with E-state index in [1.807, 2.05) is 0 Å². The number of carboxylic acid groups (broad SMARTS) is 2. The minimum Gasteiger partial charge on any atom is -0.481 e. The van der Waals surface area contributed by atoms with Crippen LogP contribution in [0.5, 0.6) is 0 Å². The lowest BCUT2D eigenvalue weighted by atomic mass is 10.5. The average Bonchev–Trinajstić information content (AvgIpc) is 2.11. The van der Waals surface area contributed by atoms with Crippen molar-refractivity contribution in [3.8, 4) is 0 Å². The van der Waals surface area contributed by atoms with E-state index in [2.05, 4.69) is 0 Å². The summed E-state index contributed by atoms with van der Waals surface area (Å²) >= 11 is 0. The average molecular weight is 256 g/mol. The van der Waals surface area contributed by atoms with E-state index >= 15 is 0 Å². The van der Waals surface area contributed by atoms with Crippen LogP contribution in [-0.2, 0) is 9.59 Å². The van der Waals surface area contributed by atoms with Crippen LogP contribution in [0.1, 0.15) is 19.8 Å². The molecule has 0 radical (unpaired) electrons. The number of hydrogen-bond acceptors (Lipinski definition) is 5. The Kier molecular flexibility index (Phi) is 15.4. The zero-order valence-electron chi connectivity index (χ0n) is 8.51. The molecule has 0 unspecified atom stereocenters. The fourth-order valence-corrected chi connectivity index (χ4v) is 2.33. The van der Waals surface area contributed by atoms with Crippen molar-refractivity contribution in [3.63, 3.8) is 0 Å². The van der Waals surface area contributed by atoms with E-state index in [0.29, 0.717) is 11.5 Å².